The van der Waals surface area contributed by atoms with Crippen molar-refractivity contribution in [2.75, 3.05) is 0 Å². The molecule has 0 amide bonds. The van der Waals surface area contributed by atoms with Gasteiger partial charge in [0.1, 0.15) is 0 Å². The maximum Gasteiger partial charge on any atom is 0.0680 e. The lowest BCUT2D eigenvalue weighted by Crippen LogP contribution is -2.63. The van der Waals surface area contributed by atoms with Gasteiger partial charge in [-0.15, -0.1) is 0 Å². The molecule has 0 aromatic heterocycles. The van der Waals surface area contributed by atoms with E-state index in [1.165, 1.54) is 0 Å². The zero-order chi connectivity index (χ0) is 11.8. The third-order valence-electron chi connectivity index (χ3n) is 5.24. The molecular weight excluding hydrogens is 200 g/mol. The summed E-state index contributed by atoms with van der Waals surface area (Å²) in [4.78, 5) is 0. The summed E-state index contributed by atoms with van der Waals surface area (Å²) in [7, 11) is 0. The van der Waals surface area contributed by atoms with Crippen molar-refractivity contribution in [2.45, 2.75) is 64.1 Å². The Bertz CT molecular complexity index is 279. The number of hydrogen-bond donors (Lipinski definition) is 2. The molecule has 4 bridgehead atoms. The zero-order valence-electron chi connectivity index (χ0n) is 10.7. The van der Waals surface area contributed by atoms with E-state index in [1.807, 2.05) is 0 Å². The van der Waals surface area contributed by atoms with Crippen LogP contribution < -0.4 is 0 Å². The van der Waals surface area contributed by atoms with E-state index in [0.29, 0.717) is 29.6 Å². The molecule has 16 heavy (non-hydrogen) atoms. The maximum absolute atomic E-state index is 10.5. The molecule has 0 unspecified atom stereocenters. The third kappa shape index (κ3) is 1.46. The highest BCUT2D eigenvalue weighted by Gasteiger charge is 2.61. The Morgan fingerprint density at radius 3 is 1.56 bits per heavy atom. The van der Waals surface area contributed by atoms with Gasteiger partial charge >= 0.3 is 0 Å². The summed E-state index contributed by atoms with van der Waals surface area (Å²) < 4.78 is 0. The second-order valence-electron chi connectivity index (χ2n) is 7.85. The molecule has 92 valence electrons. The maximum atomic E-state index is 10.5. The highest BCUT2D eigenvalue weighted by molar-refractivity contribution is 5.13. The first-order valence-corrected chi connectivity index (χ1v) is 6.66. The lowest BCUT2D eigenvalue weighted by Gasteiger charge is -2.63. The smallest absolute Gasteiger partial charge is 0.0680 e. The van der Waals surface area contributed by atoms with Crippen LogP contribution in [0.1, 0.15) is 52.9 Å². The van der Waals surface area contributed by atoms with Gasteiger partial charge in [0.15, 0.2) is 0 Å². The fraction of sp³-hybridized carbons (Fsp3) is 1.00. The van der Waals surface area contributed by atoms with Gasteiger partial charge in [-0.3, -0.25) is 0 Å². The monoisotopic (exact) mass is 224 g/mol. The fourth-order valence-electron chi connectivity index (χ4n) is 5.47. The van der Waals surface area contributed by atoms with Crippen LogP contribution in [0.4, 0.5) is 0 Å². The van der Waals surface area contributed by atoms with Gasteiger partial charge in [-0.1, -0.05) is 20.8 Å². The van der Waals surface area contributed by atoms with Crippen LogP contribution in [-0.4, -0.2) is 21.4 Å². The molecule has 0 spiro atoms. The second kappa shape index (κ2) is 2.84. The van der Waals surface area contributed by atoms with Gasteiger partial charge in [0.25, 0.3) is 0 Å². The topological polar surface area (TPSA) is 40.5 Å². The van der Waals surface area contributed by atoms with Gasteiger partial charge in [0, 0.05) is 6.42 Å². The van der Waals surface area contributed by atoms with Gasteiger partial charge < -0.3 is 10.2 Å². The van der Waals surface area contributed by atoms with Crippen LogP contribution in [0.25, 0.3) is 0 Å². The van der Waals surface area contributed by atoms with Gasteiger partial charge in [0.2, 0.25) is 0 Å². The van der Waals surface area contributed by atoms with E-state index in [-0.39, 0.29) is 0 Å². The van der Waals surface area contributed by atoms with Crippen molar-refractivity contribution < 1.29 is 10.2 Å². The van der Waals surface area contributed by atoms with E-state index in [1.54, 1.807) is 0 Å². The molecule has 2 nitrogen and oxygen atoms in total. The lowest BCUT2D eigenvalue weighted by molar-refractivity contribution is -0.233. The Morgan fingerprint density at radius 1 is 0.875 bits per heavy atom. The van der Waals surface area contributed by atoms with Gasteiger partial charge in [-0.05, 0) is 48.9 Å². The highest BCUT2D eigenvalue weighted by atomic mass is 16.3. The molecule has 4 saturated carbocycles. The van der Waals surface area contributed by atoms with Crippen LogP contribution in [-0.2, 0) is 0 Å². The molecule has 0 aromatic rings. The van der Waals surface area contributed by atoms with Crippen molar-refractivity contribution in [1.29, 1.82) is 0 Å². The summed E-state index contributed by atoms with van der Waals surface area (Å²) in [5.41, 5.74) is -0.764. The first-order valence-electron chi connectivity index (χ1n) is 6.66. The standard InChI is InChI=1S/C14H24O2/c1-12(2,3)11-9-4-13(15)6-10(11)7-14(16,5-9)8-13/h9-11,15-16H,4-8H2,1-3H3. The quantitative estimate of drug-likeness (QED) is 0.663. The second-order valence-corrected chi connectivity index (χ2v) is 7.85. The van der Waals surface area contributed by atoms with E-state index in [4.69, 9.17) is 0 Å². The molecule has 2 N–H and O–H groups in total. The normalized spacial score (nSPS) is 55.7. The van der Waals surface area contributed by atoms with Crippen LogP contribution in [0.3, 0.4) is 0 Å². The van der Waals surface area contributed by atoms with E-state index in [2.05, 4.69) is 20.8 Å². The van der Waals surface area contributed by atoms with E-state index >= 15 is 0 Å². The van der Waals surface area contributed by atoms with Crippen molar-refractivity contribution in [3.05, 3.63) is 0 Å². The Balaban J connectivity index is 1.95. The molecule has 4 fully saturated rings. The molecule has 2 heteroatoms. The van der Waals surface area contributed by atoms with Crippen LogP contribution in [0.5, 0.6) is 0 Å². The molecule has 0 atom stereocenters. The summed E-state index contributed by atoms with van der Waals surface area (Å²) in [5.74, 6) is 1.76. The number of hydrogen-bond acceptors (Lipinski definition) is 2. The molecular formula is C14H24O2. The first kappa shape index (κ1) is 11.0. The Kier molecular flexibility index (Phi) is 1.96. The van der Waals surface area contributed by atoms with E-state index in [9.17, 15) is 10.2 Å². The predicted molar refractivity (Wildman–Crippen MR) is 62.9 cm³/mol. The highest BCUT2D eigenvalue weighted by Crippen LogP contribution is 2.63. The van der Waals surface area contributed by atoms with Crippen molar-refractivity contribution in [3.8, 4) is 0 Å². The lowest BCUT2D eigenvalue weighted by atomic mass is 9.45. The van der Waals surface area contributed by atoms with Gasteiger partial charge in [0.05, 0.1) is 11.2 Å². The SMILES string of the molecule is CC(C)(C)C1C2CC3(O)CC1CC(O)(C2)C3. The Hall–Kier alpha value is -0.0800. The average Bonchev–Trinajstić information content (AvgIpc) is 1.92. The predicted octanol–water partition coefficient (Wildman–Crippen LogP) is 2.33. The Labute approximate surface area is 98.1 Å². The minimum absolute atomic E-state index is 0.315. The van der Waals surface area contributed by atoms with Crippen molar-refractivity contribution in [2.24, 2.45) is 23.2 Å². The molecule has 0 aliphatic heterocycles. The van der Waals surface area contributed by atoms with Crippen LogP contribution in [0.15, 0.2) is 0 Å². The molecule has 4 aliphatic rings. The minimum atomic E-state index is -0.539. The van der Waals surface area contributed by atoms with Gasteiger partial charge in [-0.25, -0.2) is 0 Å². The fourth-order valence-corrected chi connectivity index (χ4v) is 5.47. The molecule has 0 aromatic carbocycles. The number of rotatable bonds is 0. The third-order valence-corrected chi connectivity index (χ3v) is 5.24. The first-order chi connectivity index (χ1) is 7.21. The van der Waals surface area contributed by atoms with Gasteiger partial charge in [-0.2, -0.15) is 0 Å². The largest absolute Gasteiger partial charge is 0.390 e. The van der Waals surface area contributed by atoms with E-state index < -0.39 is 11.2 Å². The summed E-state index contributed by atoms with van der Waals surface area (Å²) in [6, 6.07) is 0. The zero-order valence-corrected chi connectivity index (χ0v) is 10.7. The Morgan fingerprint density at radius 2 is 1.25 bits per heavy atom. The molecule has 0 saturated heterocycles. The average molecular weight is 224 g/mol. The van der Waals surface area contributed by atoms with Crippen LogP contribution >= 0.6 is 0 Å². The van der Waals surface area contributed by atoms with Crippen molar-refractivity contribution in [3.63, 3.8) is 0 Å². The van der Waals surface area contributed by atoms with Crippen LogP contribution in [0.2, 0.25) is 0 Å². The van der Waals surface area contributed by atoms with Crippen molar-refractivity contribution in [1.82, 2.24) is 0 Å². The molecule has 4 aliphatic carbocycles. The summed E-state index contributed by atoms with van der Waals surface area (Å²) >= 11 is 0. The number of aliphatic hydroxyl groups is 2. The molecule has 0 heterocycles. The minimum Gasteiger partial charge on any atom is -0.390 e. The van der Waals surface area contributed by atoms with Crippen molar-refractivity contribution >= 4 is 0 Å². The van der Waals surface area contributed by atoms with Crippen LogP contribution in [0, 0.1) is 23.2 Å². The van der Waals surface area contributed by atoms with E-state index in [0.717, 1.165) is 25.7 Å². The summed E-state index contributed by atoms with van der Waals surface area (Å²) in [5, 5.41) is 21.0. The molecule has 0 radical (unpaired) electrons. The summed E-state index contributed by atoms with van der Waals surface area (Å²) in [6.45, 7) is 6.94. The molecule has 4 rings (SSSR count). The summed E-state index contributed by atoms with van der Waals surface area (Å²) in [6.07, 6.45) is 4.33.